The third-order valence-corrected chi connectivity index (χ3v) is 5.33. The molecule has 0 amide bonds. The third kappa shape index (κ3) is 3.15. The molecule has 28 heavy (non-hydrogen) atoms. The standard InChI is InChI=1S/C22H22N4O2/c1-15-4-3-9-26(13-15)22-24-12-18(21(25-22)17-5-2-8-23-11-17)16-6-7-19-20(10-16)28-14-27-19/h2,5-8,10-12,15H,3-4,9,13-14H2,1H3/t15-/m0/s1. The molecule has 0 spiro atoms. The highest BCUT2D eigenvalue weighted by Gasteiger charge is 2.22. The Bertz CT molecular complexity index is 993. The second-order valence-electron chi connectivity index (χ2n) is 7.44. The van der Waals surface area contributed by atoms with E-state index < -0.39 is 0 Å². The number of hydrogen-bond donors (Lipinski definition) is 0. The number of fused-ring (bicyclic) bond motifs is 1. The van der Waals surface area contributed by atoms with Crippen LogP contribution in [0.15, 0.2) is 48.9 Å². The average Bonchev–Trinajstić information content (AvgIpc) is 3.22. The summed E-state index contributed by atoms with van der Waals surface area (Å²) in [6.45, 7) is 4.54. The van der Waals surface area contributed by atoms with Crippen molar-refractivity contribution in [2.45, 2.75) is 19.8 Å². The molecule has 142 valence electrons. The highest BCUT2D eigenvalue weighted by Crippen LogP contribution is 2.38. The van der Waals surface area contributed by atoms with Crippen LogP contribution in [-0.4, -0.2) is 34.8 Å². The molecule has 1 atom stereocenters. The first-order valence-electron chi connectivity index (χ1n) is 9.70. The summed E-state index contributed by atoms with van der Waals surface area (Å²) in [5.41, 5.74) is 3.82. The fourth-order valence-corrected chi connectivity index (χ4v) is 3.89. The first kappa shape index (κ1) is 17.0. The first-order valence-corrected chi connectivity index (χ1v) is 9.70. The maximum atomic E-state index is 5.55. The molecule has 2 aliphatic rings. The SMILES string of the molecule is C[C@H]1CCCN(c2ncc(-c3ccc4c(c3)OCO4)c(-c3cccnc3)n2)C1. The third-order valence-electron chi connectivity index (χ3n) is 5.33. The molecule has 0 radical (unpaired) electrons. The Balaban J connectivity index is 1.60. The second kappa shape index (κ2) is 7.11. The van der Waals surface area contributed by atoms with Crippen molar-refractivity contribution in [1.82, 2.24) is 15.0 Å². The van der Waals surface area contributed by atoms with Gasteiger partial charge in [-0.3, -0.25) is 4.98 Å². The highest BCUT2D eigenvalue weighted by atomic mass is 16.7. The minimum Gasteiger partial charge on any atom is -0.454 e. The molecule has 1 saturated heterocycles. The van der Waals surface area contributed by atoms with E-state index in [0.29, 0.717) is 5.92 Å². The van der Waals surface area contributed by atoms with Gasteiger partial charge in [0.05, 0.1) is 5.69 Å². The van der Waals surface area contributed by atoms with E-state index in [9.17, 15) is 0 Å². The number of rotatable bonds is 3. The summed E-state index contributed by atoms with van der Waals surface area (Å²) in [5, 5.41) is 0. The molecule has 0 N–H and O–H groups in total. The summed E-state index contributed by atoms with van der Waals surface area (Å²) in [6.07, 6.45) is 7.99. The molecule has 0 saturated carbocycles. The minimum absolute atomic E-state index is 0.261. The van der Waals surface area contributed by atoms with Gasteiger partial charge in [-0.1, -0.05) is 13.0 Å². The van der Waals surface area contributed by atoms with Gasteiger partial charge in [0.1, 0.15) is 0 Å². The van der Waals surface area contributed by atoms with E-state index in [1.54, 1.807) is 6.20 Å². The van der Waals surface area contributed by atoms with Crippen molar-refractivity contribution >= 4 is 5.95 Å². The van der Waals surface area contributed by atoms with E-state index in [2.05, 4.69) is 16.8 Å². The lowest BCUT2D eigenvalue weighted by molar-refractivity contribution is 0.174. The normalized spacial score (nSPS) is 18.3. The van der Waals surface area contributed by atoms with Gasteiger partial charge in [-0.25, -0.2) is 9.97 Å². The number of piperidine rings is 1. The molecule has 0 bridgehead atoms. The summed E-state index contributed by atoms with van der Waals surface area (Å²) < 4.78 is 11.0. The monoisotopic (exact) mass is 374 g/mol. The molecule has 0 unspecified atom stereocenters. The molecular formula is C22H22N4O2. The molecular weight excluding hydrogens is 352 g/mol. The first-order chi connectivity index (χ1) is 13.8. The largest absolute Gasteiger partial charge is 0.454 e. The molecule has 6 heteroatoms. The Labute approximate surface area is 164 Å². The van der Waals surface area contributed by atoms with Crippen LogP contribution in [0.2, 0.25) is 0 Å². The van der Waals surface area contributed by atoms with E-state index in [1.165, 1.54) is 12.8 Å². The number of anilines is 1. The summed E-state index contributed by atoms with van der Waals surface area (Å²) in [7, 11) is 0. The Morgan fingerprint density at radius 2 is 2.00 bits per heavy atom. The Kier molecular flexibility index (Phi) is 4.31. The van der Waals surface area contributed by atoms with E-state index in [0.717, 1.165) is 52.9 Å². The van der Waals surface area contributed by atoms with E-state index >= 15 is 0 Å². The predicted octanol–water partition coefficient (Wildman–Crippen LogP) is 4.17. The topological polar surface area (TPSA) is 60.4 Å². The lowest BCUT2D eigenvalue weighted by atomic mass is 10.00. The summed E-state index contributed by atoms with van der Waals surface area (Å²) >= 11 is 0. The number of pyridine rings is 1. The van der Waals surface area contributed by atoms with Crippen molar-refractivity contribution in [3.63, 3.8) is 0 Å². The average molecular weight is 374 g/mol. The van der Waals surface area contributed by atoms with Crippen LogP contribution in [-0.2, 0) is 0 Å². The van der Waals surface area contributed by atoms with Gasteiger partial charge in [0.25, 0.3) is 0 Å². The van der Waals surface area contributed by atoms with Gasteiger partial charge >= 0.3 is 0 Å². The van der Waals surface area contributed by atoms with Crippen LogP contribution >= 0.6 is 0 Å². The Morgan fingerprint density at radius 1 is 1.07 bits per heavy atom. The lowest BCUT2D eigenvalue weighted by Crippen LogP contribution is -2.35. The van der Waals surface area contributed by atoms with Crippen LogP contribution in [0.5, 0.6) is 11.5 Å². The van der Waals surface area contributed by atoms with Crippen LogP contribution in [0.25, 0.3) is 22.4 Å². The minimum atomic E-state index is 0.261. The van der Waals surface area contributed by atoms with E-state index in [1.807, 2.05) is 42.7 Å². The lowest BCUT2D eigenvalue weighted by Gasteiger charge is -2.31. The number of ether oxygens (including phenoxy) is 2. The van der Waals surface area contributed by atoms with Gasteiger partial charge in [-0.2, -0.15) is 0 Å². The maximum absolute atomic E-state index is 5.55. The number of benzene rings is 1. The van der Waals surface area contributed by atoms with Crippen molar-refractivity contribution in [2.75, 3.05) is 24.8 Å². The maximum Gasteiger partial charge on any atom is 0.231 e. The molecule has 4 heterocycles. The molecule has 2 aliphatic heterocycles. The van der Waals surface area contributed by atoms with Gasteiger partial charge in [-0.05, 0) is 48.6 Å². The molecule has 1 fully saturated rings. The zero-order valence-electron chi connectivity index (χ0n) is 15.8. The summed E-state index contributed by atoms with van der Waals surface area (Å²) in [5.74, 6) is 2.97. The zero-order valence-corrected chi connectivity index (χ0v) is 15.8. The Hall–Kier alpha value is -3.15. The predicted molar refractivity (Wildman–Crippen MR) is 107 cm³/mol. The van der Waals surface area contributed by atoms with Crippen molar-refractivity contribution in [3.05, 3.63) is 48.9 Å². The van der Waals surface area contributed by atoms with Crippen molar-refractivity contribution in [2.24, 2.45) is 5.92 Å². The second-order valence-corrected chi connectivity index (χ2v) is 7.44. The number of aromatic nitrogens is 3. The van der Waals surface area contributed by atoms with Crippen LogP contribution < -0.4 is 14.4 Å². The summed E-state index contributed by atoms with van der Waals surface area (Å²) in [6, 6.07) is 9.92. The van der Waals surface area contributed by atoms with Crippen LogP contribution in [0, 0.1) is 5.92 Å². The van der Waals surface area contributed by atoms with Crippen molar-refractivity contribution < 1.29 is 9.47 Å². The van der Waals surface area contributed by atoms with Gasteiger partial charge in [0, 0.05) is 42.8 Å². The van der Waals surface area contributed by atoms with Crippen LogP contribution in [0.3, 0.4) is 0 Å². The van der Waals surface area contributed by atoms with Crippen LogP contribution in [0.4, 0.5) is 5.95 Å². The van der Waals surface area contributed by atoms with Gasteiger partial charge in [0.2, 0.25) is 12.7 Å². The molecule has 0 aliphatic carbocycles. The van der Waals surface area contributed by atoms with E-state index in [4.69, 9.17) is 19.4 Å². The Morgan fingerprint density at radius 3 is 2.86 bits per heavy atom. The van der Waals surface area contributed by atoms with Gasteiger partial charge < -0.3 is 14.4 Å². The molecule has 1 aromatic carbocycles. The fraction of sp³-hybridized carbons (Fsp3) is 0.318. The van der Waals surface area contributed by atoms with Crippen LogP contribution in [0.1, 0.15) is 19.8 Å². The highest BCUT2D eigenvalue weighted by molar-refractivity contribution is 5.81. The molecule has 3 aromatic rings. The smallest absolute Gasteiger partial charge is 0.231 e. The van der Waals surface area contributed by atoms with E-state index in [-0.39, 0.29) is 6.79 Å². The molecule has 2 aromatic heterocycles. The fourth-order valence-electron chi connectivity index (χ4n) is 3.89. The molecule has 5 rings (SSSR count). The van der Waals surface area contributed by atoms with Gasteiger partial charge in [0.15, 0.2) is 11.5 Å². The molecule has 6 nitrogen and oxygen atoms in total. The summed E-state index contributed by atoms with van der Waals surface area (Å²) in [4.78, 5) is 16.3. The quantitative estimate of drug-likeness (QED) is 0.686. The van der Waals surface area contributed by atoms with Crippen molar-refractivity contribution in [1.29, 1.82) is 0 Å². The number of hydrogen-bond acceptors (Lipinski definition) is 6. The van der Waals surface area contributed by atoms with Gasteiger partial charge in [-0.15, -0.1) is 0 Å². The van der Waals surface area contributed by atoms with Crippen molar-refractivity contribution in [3.8, 4) is 33.9 Å². The zero-order chi connectivity index (χ0) is 18.9. The number of nitrogens with zero attached hydrogens (tertiary/aromatic N) is 4.